The molecule has 2 aliphatic rings. The Morgan fingerprint density at radius 3 is 1.28 bits per heavy atom. The summed E-state index contributed by atoms with van der Waals surface area (Å²) in [5.74, 6) is 0.751. The number of sulfonamides is 2. The summed E-state index contributed by atoms with van der Waals surface area (Å²) in [6.07, 6.45) is 3.91. The molecule has 6 nitrogen and oxygen atoms in total. The Morgan fingerprint density at radius 2 is 0.969 bits per heavy atom. The van der Waals surface area contributed by atoms with Gasteiger partial charge in [-0.2, -0.15) is 8.61 Å². The first kappa shape index (κ1) is 23.4. The highest BCUT2D eigenvalue weighted by Gasteiger charge is 2.29. The standard InChI is InChI=1S/C24H32N2O4S2/c1-19-5-3-15-25(17-19)31(27,28)23-11-7-21(8-12-23)22-9-13-24(14-10-22)32(29,30)26-16-4-6-20(2)18-26/h7-14,19-20H,3-6,15-18H2,1-2H3/t19-,20-/m1/s1. The van der Waals surface area contributed by atoms with Crippen LogP contribution in [0.4, 0.5) is 0 Å². The fraction of sp³-hybridized carbons (Fsp3) is 0.500. The van der Waals surface area contributed by atoms with Crippen LogP contribution in [-0.2, 0) is 20.0 Å². The molecule has 174 valence electrons. The highest BCUT2D eigenvalue weighted by molar-refractivity contribution is 7.89. The molecule has 0 radical (unpaired) electrons. The van der Waals surface area contributed by atoms with E-state index in [1.54, 1.807) is 57.1 Å². The minimum atomic E-state index is -3.49. The Morgan fingerprint density at radius 1 is 0.625 bits per heavy atom. The third kappa shape index (κ3) is 4.78. The molecular weight excluding hydrogens is 444 g/mol. The average molecular weight is 477 g/mol. The first-order valence-corrected chi connectivity index (χ1v) is 14.3. The number of hydrogen-bond donors (Lipinski definition) is 0. The maximum absolute atomic E-state index is 13.0. The van der Waals surface area contributed by atoms with Crippen molar-refractivity contribution in [3.8, 4) is 11.1 Å². The van der Waals surface area contributed by atoms with Crippen molar-refractivity contribution in [2.24, 2.45) is 11.8 Å². The van der Waals surface area contributed by atoms with E-state index >= 15 is 0 Å². The molecule has 2 atom stereocenters. The minimum Gasteiger partial charge on any atom is -0.207 e. The zero-order chi connectivity index (χ0) is 22.9. The van der Waals surface area contributed by atoms with Gasteiger partial charge in [0.15, 0.2) is 0 Å². The van der Waals surface area contributed by atoms with Crippen molar-refractivity contribution < 1.29 is 16.8 Å². The number of rotatable bonds is 5. The van der Waals surface area contributed by atoms with Gasteiger partial charge in [-0.1, -0.05) is 38.1 Å². The molecule has 0 spiro atoms. The first-order chi connectivity index (χ1) is 15.2. The van der Waals surface area contributed by atoms with Crippen LogP contribution in [-0.4, -0.2) is 51.6 Å². The zero-order valence-corrected chi connectivity index (χ0v) is 20.4. The predicted octanol–water partition coefficient (Wildman–Crippen LogP) is 4.19. The van der Waals surface area contributed by atoms with E-state index in [2.05, 4.69) is 13.8 Å². The van der Waals surface area contributed by atoms with Crippen LogP contribution in [0.25, 0.3) is 11.1 Å². The van der Waals surface area contributed by atoms with E-state index < -0.39 is 20.0 Å². The van der Waals surface area contributed by atoms with Gasteiger partial charge >= 0.3 is 0 Å². The second kappa shape index (κ2) is 9.25. The van der Waals surface area contributed by atoms with Gasteiger partial charge < -0.3 is 0 Å². The molecule has 32 heavy (non-hydrogen) atoms. The Balaban J connectivity index is 1.51. The smallest absolute Gasteiger partial charge is 0.207 e. The van der Waals surface area contributed by atoms with Crippen molar-refractivity contribution in [1.29, 1.82) is 0 Å². The van der Waals surface area contributed by atoms with Crippen molar-refractivity contribution in [2.45, 2.75) is 49.3 Å². The lowest BCUT2D eigenvalue weighted by Crippen LogP contribution is -2.39. The fourth-order valence-corrected chi connectivity index (χ4v) is 7.86. The van der Waals surface area contributed by atoms with Crippen molar-refractivity contribution in [3.63, 3.8) is 0 Å². The lowest BCUT2D eigenvalue weighted by atomic mass is 10.0. The van der Waals surface area contributed by atoms with Gasteiger partial charge in [-0.25, -0.2) is 16.8 Å². The van der Waals surface area contributed by atoms with Crippen LogP contribution >= 0.6 is 0 Å². The van der Waals surface area contributed by atoms with Gasteiger partial charge in [0.25, 0.3) is 0 Å². The van der Waals surface area contributed by atoms with Crippen LogP contribution in [0.5, 0.6) is 0 Å². The topological polar surface area (TPSA) is 74.8 Å². The first-order valence-electron chi connectivity index (χ1n) is 11.4. The lowest BCUT2D eigenvalue weighted by Gasteiger charge is -2.30. The number of hydrogen-bond acceptors (Lipinski definition) is 4. The van der Waals surface area contributed by atoms with Crippen LogP contribution < -0.4 is 0 Å². The molecule has 0 N–H and O–H groups in total. The Hall–Kier alpha value is -1.74. The van der Waals surface area contributed by atoms with E-state index in [1.807, 2.05) is 0 Å². The highest BCUT2D eigenvalue weighted by Crippen LogP contribution is 2.28. The van der Waals surface area contributed by atoms with Crippen LogP contribution in [0.3, 0.4) is 0 Å². The van der Waals surface area contributed by atoms with E-state index in [-0.39, 0.29) is 0 Å². The molecule has 0 bridgehead atoms. The van der Waals surface area contributed by atoms with E-state index in [0.717, 1.165) is 36.8 Å². The van der Waals surface area contributed by atoms with Crippen molar-refractivity contribution >= 4 is 20.0 Å². The molecule has 0 amide bonds. The predicted molar refractivity (Wildman–Crippen MR) is 126 cm³/mol. The van der Waals surface area contributed by atoms with Gasteiger partial charge in [-0.05, 0) is 72.9 Å². The summed E-state index contributed by atoms with van der Waals surface area (Å²) >= 11 is 0. The molecule has 0 unspecified atom stereocenters. The van der Waals surface area contributed by atoms with Gasteiger partial charge in [0, 0.05) is 26.2 Å². The van der Waals surface area contributed by atoms with Crippen molar-refractivity contribution in [1.82, 2.24) is 8.61 Å². The van der Waals surface area contributed by atoms with Gasteiger partial charge in [-0.3, -0.25) is 0 Å². The van der Waals surface area contributed by atoms with Crippen LogP contribution in [0.1, 0.15) is 39.5 Å². The van der Waals surface area contributed by atoms with E-state index in [4.69, 9.17) is 0 Å². The van der Waals surface area contributed by atoms with Gasteiger partial charge in [0.2, 0.25) is 20.0 Å². The summed E-state index contributed by atoms with van der Waals surface area (Å²) in [5.41, 5.74) is 1.71. The Labute approximate surface area is 192 Å². The third-order valence-corrected chi connectivity index (χ3v) is 10.3. The summed E-state index contributed by atoms with van der Waals surface area (Å²) < 4.78 is 55.0. The van der Waals surface area contributed by atoms with Crippen LogP contribution in [0.15, 0.2) is 58.3 Å². The molecule has 2 fully saturated rings. The monoisotopic (exact) mass is 476 g/mol. The summed E-state index contributed by atoms with van der Waals surface area (Å²) in [4.78, 5) is 0.600. The lowest BCUT2D eigenvalue weighted by molar-refractivity contribution is 0.281. The van der Waals surface area contributed by atoms with Gasteiger partial charge in [-0.15, -0.1) is 0 Å². The SMILES string of the molecule is C[C@@H]1CCCN(S(=O)(=O)c2ccc(-c3ccc(S(=O)(=O)N4CCC[C@@H](C)C4)cc3)cc2)C1. The Bertz CT molecular complexity index is 1050. The fourth-order valence-electron chi connectivity index (χ4n) is 4.67. The largest absolute Gasteiger partial charge is 0.243 e. The number of nitrogens with zero attached hydrogens (tertiary/aromatic N) is 2. The molecule has 0 aliphatic carbocycles. The average Bonchev–Trinajstić information content (AvgIpc) is 2.79. The quantitative estimate of drug-likeness (QED) is 0.648. The third-order valence-electron chi connectivity index (χ3n) is 6.56. The molecule has 2 saturated heterocycles. The number of benzene rings is 2. The molecule has 8 heteroatoms. The van der Waals surface area contributed by atoms with Crippen LogP contribution in [0, 0.1) is 11.8 Å². The summed E-state index contributed by atoms with van der Waals surface area (Å²) in [6, 6.07) is 13.7. The molecule has 4 rings (SSSR count). The van der Waals surface area contributed by atoms with Crippen LogP contribution in [0.2, 0.25) is 0 Å². The minimum absolute atomic E-state index is 0.300. The van der Waals surface area contributed by atoms with E-state index in [1.165, 1.54) is 0 Å². The van der Waals surface area contributed by atoms with E-state index in [9.17, 15) is 16.8 Å². The molecule has 2 aliphatic heterocycles. The van der Waals surface area contributed by atoms with E-state index in [0.29, 0.717) is 47.8 Å². The van der Waals surface area contributed by atoms with Gasteiger partial charge in [0.05, 0.1) is 9.79 Å². The maximum Gasteiger partial charge on any atom is 0.243 e. The van der Waals surface area contributed by atoms with Crippen molar-refractivity contribution in [2.75, 3.05) is 26.2 Å². The summed E-state index contributed by atoms with van der Waals surface area (Å²) in [7, 11) is -6.98. The van der Waals surface area contributed by atoms with Gasteiger partial charge in [0.1, 0.15) is 0 Å². The second-order valence-corrected chi connectivity index (χ2v) is 13.1. The maximum atomic E-state index is 13.0. The molecule has 2 aromatic rings. The van der Waals surface area contributed by atoms with Crippen molar-refractivity contribution in [3.05, 3.63) is 48.5 Å². The summed E-state index contributed by atoms with van der Waals surface area (Å²) in [5, 5.41) is 0. The normalized spacial score (nSPS) is 23.8. The second-order valence-electron chi connectivity index (χ2n) is 9.27. The molecule has 2 aromatic carbocycles. The molecule has 0 saturated carbocycles. The highest BCUT2D eigenvalue weighted by atomic mass is 32.2. The number of piperidine rings is 2. The molecule has 2 heterocycles. The zero-order valence-electron chi connectivity index (χ0n) is 18.8. The summed E-state index contributed by atoms with van der Waals surface area (Å²) in [6.45, 7) is 6.44. The molecule has 0 aromatic heterocycles. The Kier molecular flexibility index (Phi) is 6.77. The molecular formula is C24H32N2O4S2.